The largest absolute Gasteiger partial charge is 0.444 e. The van der Waals surface area contributed by atoms with E-state index in [1.807, 2.05) is 62.3 Å². The molecule has 0 spiro atoms. The van der Waals surface area contributed by atoms with Crippen molar-refractivity contribution in [3.63, 3.8) is 0 Å². The van der Waals surface area contributed by atoms with E-state index in [0.717, 1.165) is 0 Å². The highest BCUT2D eigenvalue weighted by Gasteiger charge is 2.52. The third kappa shape index (κ3) is 9.78. The van der Waals surface area contributed by atoms with E-state index in [2.05, 4.69) is 24.7 Å². The fourth-order valence-electron chi connectivity index (χ4n) is 3.98. The molecule has 2 aromatic heterocycles. The summed E-state index contributed by atoms with van der Waals surface area (Å²) in [6.07, 6.45) is 5.83. The van der Waals surface area contributed by atoms with Crippen molar-refractivity contribution < 1.29 is 23.3 Å². The highest BCUT2D eigenvalue weighted by molar-refractivity contribution is 7.84. The minimum absolute atomic E-state index is 0. The van der Waals surface area contributed by atoms with Gasteiger partial charge in [0.25, 0.3) is 0 Å². The first-order valence-corrected chi connectivity index (χ1v) is 14.9. The van der Waals surface area contributed by atoms with Crippen LogP contribution in [-0.4, -0.2) is 88.3 Å². The van der Waals surface area contributed by atoms with Crippen molar-refractivity contribution in [1.82, 2.24) is 34.5 Å². The number of amides is 2. The molecule has 4 rings (SSSR count). The summed E-state index contributed by atoms with van der Waals surface area (Å²) in [6, 6.07) is 3.46. The van der Waals surface area contributed by atoms with Crippen molar-refractivity contribution in [2.24, 2.45) is 5.73 Å². The summed E-state index contributed by atoms with van der Waals surface area (Å²) in [6.45, 7) is 18.0. The maximum Gasteiger partial charge on any atom is 0.410 e. The number of hydrogen-bond donors (Lipinski definition) is 2. The van der Waals surface area contributed by atoms with Gasteiger partial charge in [-0.15, -0.1) is 12.4 Å². The van der Waals surface area contributed by atoms with Gasteiger partial charge in [-0.05, 0) is 74.4 Å². The molecule has 0 radical (unpaired) electrons. The minimum atomic E-state index is -1.31. The van der Waals surface area contributed by atoms with Crippen molar-refractivity contribution in [1.29, 1.82) is 0 Å². The predicted molar refractivity (Wildman–Crippen MR) is 166 cm³/mol. The van der Waals surface area contributed by atoms with Gasteiger partial charge in [0.2, 0.25) is 0 Å². The van der Waals surface area contributed by atoms with Crippen LogP contribution in [0.4, 0.5) is 9.59 Å². The summed E-state index contributed by atoms with van der Waals surface area (Å²) in [4.78, 5) is 43.9. The molecule has 0 aliphatic carbocycles. The maximum atomic E-state index is 12.6. The summed E-state index contributed by atoms with van der Waals surface area (Å²) < 4.78 is 25.9. The van der Waals surface area contributed by atoms with Crippen LogP contribution in [0.15, 0.2) is 36.9 Å². The number of carbonyl (C=O) groups is 2. The molecule has 15 heteroatoms. The summed E-state index contributed by atoms with van der Waals surface area (Å²) >= 11 is 0. The van der Waals surface area contributed by atoms with Crippen LogP contribution in [0.3, 0.4) is 0 Å². The average Bonchev–Trinajstić information content (AvgIpc) is 2.82. The van der Waals surface area contributed by atoms with Crippen LogP contribution in [0.5, 0.6) is 0 Å². The van der Waals surface area contributed by atoms with Gasteiger partial charge in [-0.25, -0.2) is 38.5 Å². The molecule has 240 valence electrons. The lowest BCUT2D eigenvalue weighted by Crippen LogP contribution is -2.70. The maximum absolute atomic E-state index is 12.6. The fraction of sp³-hybridized carbons (Fsp3) is 0.643. The van der Waals surface area contributed by atoms with Crippen LogP contribution in [0, 0.1) is 0 Å². The zero-order chi connectivity index (χ0) is 31.6. The van der Waals surface area contributed by atoms with Gasteiger partial charge in [-0.3, -0.25) is 0 Å². The Bertz CT molecular complexity index is 1250. The zero-order valence-electron chi connectivity index (χ0n) is 26.4. The fourth-order valence-corrected chi connectivity index (χ4v) is 4.86. The van der Waals surface area contributed by atoms with Gasteiger partial charge in [0, 0.05) is 24.8 Å². The topological polar surface area (TPSA) is 166 Å². The summed E-state index contributed by atoms with van der Waals surface area (Å²) in [5, 5.41) is 0. The molecular formula is C28H45ClN8O5S. The summed E-state index contributed by atoms with van der Waals surface area (Å²) in [7, 11) is -1.31. The average molecular weight is 641 g/mol. The number of hydrogen-bond acceptors (Lipinski definition) is 10. The number of ether oxygens (including phenoxy) is 2. The Morgan fingerprint density at radius 3 is 1.51 bits per heavy atom. The molecule has 13 nitrogen and oxygen atoms in total. The Morgan fingerprint density at radius 2 is 1.14 bits per heavy atom. The number of likely N-dealkylation sites (tertiary alicyclic amines) is 2. The van der Waals surface area contributed by atoms with Gasteiger partial charge in [-0.1, -0.05) is 0 Å². The van der Waals surface area contributed by atoms with Crippen molar-refractivity contribution in [2.45, 2.75) is 89.3 Å². The van der Waals surface area contributed by atoms with E-state index in [4.69, 9.17) is 15.2 Å². The Hall–Kier alpha value is -2.94. The smallest absolute Gasteiger partial charge is 0.410 e. The first kappa shape index (κ1) is 36.3. The number of aromatic nitrogens is 4. The lowest BCUT2D eigenvalue weighted by molar-refractivity contribution is -0.0143. The summed E-state index contributed by atoms with van der Waals surface area (Å²) in [5.74, 6) is 1.09. The molecule has 2 amide bonds. The van der Waals surface area contributed by atoms with Gasteiger partial charge in [0.1, 0.15) is 22.3 Å². The lowest BCUT2D eigenvalue weighted by Gasteiger charge is -2.49. The molecule has 2 aromatic rings. The van der Waals surface area contributed by atoms with Crippen LogP contribution in [0.1, 0.15) is 74.0 Å². The van der Waals surface area contributed by atoms with Crippen LogP contribution in [0.2, 0.25) is 0 Å². The van der Waals surface area contributed by atoms with Crippen LogP contribution < -0.4 is 10.5 Å². The van der Waals surface area contributed by atoms with E-state index in [9.17, 15) is 13.8 Å². The van der Waals surface area contributed by atoms with Crippen LogP contribution >= 0.6 is 12.4 Å². The lowest BCUT2D eigenvalue weighted by atomic mass is 9.90. The van der Waals surface area contributed by atoms with Crippen molar-refractivity contribution in [3.8, 4) is 0 Å². The highest BCUT2D eigenvalue weighted by atomic mass is 35.5. The molecule has 43 heavy (non-hydrogen) atoms. The number of rotatable bonds is 4. The second kappa shape index (κ2) is 13.4. The quantitative estimate of drug-likeness (QED) is 0.506. The third-order valence-corrected chi connectivity index (χ3v) is 7.71. The third-order valence-electron chi connectivity index (χ3n) is 6.02. The van der Waals surface area contributed by atoms with E-state index < -0.39 is 44.1 Å². The van der Waals surface area contributed by atoms with Gasteiger partial charge in [-0.2, -0.15) is 0 Å². The van der Waals surface area contributed by atoms with Crippen molar-refractivity contribution >= 4 is 35.6 Å². The molecule has 1 atom stereocenters. The second-order valence-corrected chi connectivity index (χ2v) is 15.5. The van der Waals surface area contributed by atoms with Gasteiger partial charge in [0.05, 0.1) is 41.9 Å². The van der Waals surface area contributed by atoms with Gasteiger partial charge in [0.15, 0.2) is 11.6 Å². The molecule has 2 aliphatic rings. The summed E-state index contributed by atoms with van der Waals surface area (Å²) in [5.41, 5.74) is 3.71. The molecule has 0 bridgehead atoms. The number of nitrogens with one attached hydrogen (secondary N) is 1. The van der Waals surface area contributed by atoms with Crippen LogP contribution in [0.25, 0.3) is 0 Å². The predicted octanol–water partition coefficient (Wildman–Crippen LogP) is 3.28. The Kier molecular flexibility index (Phi) is 11.3. The molecule has 1 unspecified atom stereocenters. The van der Waals surface area contributed by atoms with E-state index in [1.54, 1.807) is 46.7 Å². The molecule has 3 N–H and O–H groups in total. The van der Waals surface area contributed by atoms with E-state index >= 15 is 0 Å². The Labute approximate surface area is 262 Å². The minimum Gasteiger partial charge on any atom is -0.444 e. The first-order chi connectivity index (χ1) is 19.2. The Balaban J connectivity index is 0.000000304. The molecule has 0 aromatic carbocycles. The van der Waals surface area contributed by atoms with E-state index in [-0.39, 0.29) is 18.5 Å². The zero-order valence-corrected chi connectivity index (χ0v) is 28.0. The Morgan fingerprint density at radius 1 is 0.767 bits per heavy atom. The molecule has 2 fully saturated rings. The first-order valence-electron chi connectivity index (χ1n) is 13.7. The molecule has 0 saturated carbocycles. The molecule has 2 saturated heterocycles. The normalized spacial score (nSPS) is 18.0. The highest BCUT2D eigenvalue weighted by Crippen LogP contribution is 2.32. The van der Waals surface area contributed by atoms with Crippen molar-refractivity contribution in [2.75, 3.05) is 26.2 Å². The van der Waals surface area contributed by atoms with Gasteiger partial charge >= 0.3 is 12.2 Å². The van der Waals surface area contributed by atoms with Crippen molar-refractivity contribution in [3.05, 3.63) is 48.6 Å². The standard InChI is InChI=1S/C16H26N4O3S.C12H18N4O2.ClH/c1-14(2,3)23-13(21)20-10-16(11-20,12-17-8-7-9-18-12)19-24(22)15(4,5)6;1-11(2,3)18-10(17)16-7-12(13,8-16)9-14-5-4-6-15-9;/h7-9,19H,10-11H2,1-6H3;4-6H,7-8,13H2,1-3H3;1H. The molecular weight excluding hydrogens is 596 g/mol. The number of halogens is 1. The number of carbonyl (C=O) groups excluding carboxylic acids is 2. The van der Waals surface area contributed by atoms with E-state index in [0.29, 0.717) is 37.8 Å². The molecule has 2 aliphatic heterocycles. The monoisotopic (exact) mass is 640 g/mol. The number of nitrogens with two attached hydrogens (primary N) is 1. The SMILES string of the molecule is CC(C)(C)OC(=O)N1CC(N)(c2ncccn2)C1.CC(C)(C)OC(=O)N1CC(NS(=O)C(C)(C)C)(c2ncccn2)C1.Cl. The van der Waals surface area contributed by atoms with E-state index in [1.165, 1.54) is 0 Å². The van der Waals surface area contributed by atoms with Gasteiger partial charge < -0.3 is 25.0 Å². The molecule has 4 heterocycles. The number of nitrogens with zero attached hydrogens (tertiary/aromatic N) is 6. The van der Waals surface area contributed by atoms with Crippen LogP contribution in [-0.2, 0) is 31.5 Å². The second-order valence-electron chi connectivity index (χ2n) is 13.5.